The van der Waals surface area contributed by atoms with Gasteiger partial charge in [-0.15, -0.1) is 0 Å². The van der Waals surface area contributed by atoms with Crippen molar-refractivity contribution in [3.8, 4) is 11.6 Å². The third-order valence-corrected chi connectivity index (χ3v) is 3.47. The maximum absolute atomic E-state index is 5.44. The summed E-state index contributed by atoms with van der Waals surface area (Å²) in [5.41, 5.74) is -0.132. The van der Waals surface area contributed by atoms with Crippen LogP contribution in [0.5, 0.6) is 0 Å². The fraction of sp³-hybridized carbons (Fsp3) is 0.583. The molecule has 1 fully saturated rings. The largest absolute Gasteiger partial charge is 0.342 e. The Morgan fingerprint density at radius 2 is 2.44 bits per heavy atom. The molecule has 6 heteroatoms. The fourth-order valence-electron chi connectivity index (χ4n) is 2.64. The van der Waals surface area contributed by atoms with Gasteiger partial charge in [-0.1, -0.05) is 18.5 Å². The van der Waals surface area contributed by atoms with Crippen LogP contribution in [0.15, 0.2) is 16.9 Å². The van der Waals surface area contributed by atoms with Gasteiger partial charge >= 0.3 is 0 Å². The number of nitrogens with one attached hydrogen (secondary N) is 2. The van der Waals surface area contributed by atoms with Crippen molar-refractivity contribution in [3.63, 3.8) is 0 Å². The van der Waals surface area contributed by atoms with Gasteiger partial charge in [0.2, 0.25) is 11.7 Å². The second kappa shape index (κ2) is 4.53. The van der Waals surface area contributed by atoms with E-state index >= 15 is 0 Å². The molecule has 1 aliphatic rings. The monoisotopic (exact) mass is 247 g/mol. The molecule has 1 atom stereocenters. The molecule has 1 aliphatic heterocycles. The average Bonchev–Trinajstić information content (AvgIpc) is 3.11. The fourth-order valence-corrected chi connectivity index (χ4v) is 2.64. The van der Waals surface area contributed by atoms with Crippen molar-refractivity contribution in [1.29, 1.82) is 0 Å². The number of rotatable bonds is 4. The summed E-state index contributed by atoms with van der Waals surface area (Å²) in [5, 5.41) is 7.53. The molecule has 96 valence electrons. The van der Waals surface area contributed by atoms with Crippen LogP contribution in [-0.4, -0.2) is 26.7 Å². The first-order valence-electron chi connectivity index (χ1n) is 6.43. The number of imidazole rings is 1. The Morgan fingerprint density at radius 1 is 1.50 bits per heavy atom. The molecule has 0 spiro atoms. The minimum absolute atomic E-state index is 0.132. The molecule has 3 heterocycles. The lowest BCUT2D eigenvalue weighted by Gasteiger charge is -2.24. The van der Waals surface area contributed by atoms with Crippen LogP contribution in [0, 0.1) is 0 Å². The Bertz CT molecular complexity index is 498. The van der Waals surface area contributed by atoms with Gasteiger partial charge in [-0.2, -0.15) is 4.98 Å². The number of aromatic nitrogens is 4. The van der Waals surface area contributed by atoms with E-state index in [1.807, 2.05) is 0 Å². The summed E-state index contributed by atoms with van der Waals surface area (Å²) in [4.78, 5) is 11.6. The number of aromatic amines is 1. The van der Waals surface area contributed by atoms with Crippen LogP contribution in [0.3, 0.4) is 0 Å². The zero-order valence-corrected chi connectivity index (χ0v) is 10.4. The van der Waals surface area contributed by atoms with Crippen LogP contribution in [-0.2, 0) is 5.54 Å². The predicted octanol–water partition coefficient (Wildman–Crippen LogP) is 1.84. The van der Waals surface area contributed by atoms with Crippen LogP contribution in [0.2, 0.25) is 0 Å². The van der Waals surface area contributed by atoms with E-state index in [2.05, 4.69) is 32.3 Å². The normalized spacial score (nSPS) is 23.6. The van der Waals surface area contributed by atoms with E-state index in [0.717, 1.165) is 32.2 Å². The molecule has 0 bridgehead atoms. The van der Waals surface area contributed by atoms with Crippen LogP contribution in [0.25, 0.3) is 11.6 Å². The molecule has 0 aromatic carbocycles. The van der Waals surface area contributed by atoms with Gasteiger partial charge in [0, 0.05) is 12.4 Å². The Labute approximate surface area is 105 Å². The lowest BCUT2D eigenvalue weighted by molar-refractivity contribution is 0.241. The second-order valence-electron chi connectivity index (χ2n) is 4.72. The molecule has 2 N–H and O–H groups in total. The molecule has 18 heavy (non-hydrogen) atoms. The number of H-pyrrole nitrogens is 1. The third-order valence-electron chi connectivity index (χ3n) is 3.47. The van der Waals surface area contributed by atoms with Gasteiger partial charge in [-0.05, 0) is 25.8 Å². The molecule has 2 aromatic heterocycles. The average molecular weight is 247 g/mol. The van der Waals surface area contributed by atoms with Crippen molar-refractivity contribution in [3.05, 3.63) is 18.3 Å². The van der Waals surface area contributed by atoms with Gasteiger partial charge in [0.1, 0.15) is 0 Å². The van der Waals surface area contributed by atoms with E-state index in [1.54, 1.807) is 12.4 Å². The molecule has 1 unspecified atom stereocenters. The number of nitrogens with zero attached hydrogens (tertiary/aromatic N) is 3. The van der Waals surface area contributed by atoms with E-state index in [1.165, 1.54) is 0 Å². The summed E-state index contributed by atoms with van der Waals surface area (Å²) in [6.45, 7) is 3.18. The lowest BCUT2D eigenvalue weighted by atomic mass is 9.92. The van der Waals surface area contributed by atoms with Crippen molar-refractivity contribution >= 4 is 0 Å². The molecule has 0 aliphatic carbocycles. The highest BCUT2D eigenvalue weighted by atomic mass is 16.5. The molecule has 0 radical (unpaired) electrons. The van der Waals surface area contributed by atoms with Gasteiger partial charge < -0.3 is 14.8 Å². The highest BCUT2D eigenvalue weighted by Gasteiger charge is 2.39. The Hall–Kier alpha value is -1.69. The summed E-state index contributed by atoms with van der Waals surface area (Å²) in [5.74, 6) is 1.86. The Balaban J connectivity index is 1.92. The first kappa shape index (κ1) is 11.4. The van der Waals surface area contributed by atoms with E-state index < -0.39 is 0 Å². The highest BCUT2D eigenvalue weighted by molar-refractivity contribution is 5.41. The standard InChI is InChI=1S/C12H17N5O/c1-2-4-12(5-3-6-15-12)11-16-10(17-18-11)9-13-7-8-14-9/h7-8,15H,2-6H2,1H3,(H,13,14). The van der Waals surface area contributed by atoms with E-state index in [4.69, 9.17) is 4.52 Å². The predicted molar refractivity (Wildman–Crippen MR) is 65.7 cm³/mol. The maximum atomic E-state index is 5.44. The molecule has 3 rings (SSSR count). The number of hydrogen-bond acceptors (Lipinski definition) is 5. The van der Waals surface area contributed by atoms with Crippen molar-refractivity contribution in [2.45, 2.75) is 38.1 Å². The first-order valence-corrected chi connectivity index (χ1v) is 6.43. The summed E-state index contributed by atoms with van der Waals surface area (Å²) < 4.78 is 5.44. The molecule has 0 saturated carbocycles. The zero-order chi connectivity index (χ0) is 12.4. The van der Waals surface area contributed by atoms with Gasteiger partial charge in [0.05, 0.1) is 5.54 Å². The summed E-state index contributed by atoms with van der Waals surface area (Å²) in [7, 11) is 0. The minimum Gasteiger partial charge on any atom is -0.342 e. The topological polar surface area (TPSA) is 79.6 Å². The van der Waals surface area contributed by atoms with Gasteiger partial charge in [-0.3, -0.25) is 0 Å². The number of hydrogen-bond donors (Lipinski definition) is 2. The van der Waals surface area contributed by atoms with Crippen LogP contribution in [0.4, 0.5) is 0 Å². The zero-order valence-electron chi connectivity index (χ0n) is 10.4. The van der Waals surface area contributed by atoms with E-state index in [0.29, 0.717) is 17.5 Å². The summed E-state index contributed by atoms with van der Waals surface area (Å²) >= 11 is 0. The molecular formula is C12H17N5O. The van der Waals surface area contributed by atoms with Crippen molar-refractivity contribution in [1.82, 2.24) is 25.4 Å². The minimum atomic E-state index is -0.132. The second-order valence-corrected chi connectivity index (χ2v) is 4.72. The molecule has 2 aromatic rings. The third kappa shape index (κ3) is 1.82. The lowest BCUT2D eigenvalue weighted by Crippen LogP contribution is -2.36. The smallest absolute Gasteiger partial charge is 0.247 e. The summed E-state index contributed by atoms with van der Waals surface area (Å²) in [6, 6.07) is 0. The van der Waals surface area contributed by atoms with Crippen molar-refractivity contribution < 1.29 is 4.52 Å². The van der Waals surface area contributed by atoms with E-state index in [-0.39, 0.29) is 5.54 Å². The molecular weight excluding hydrogens is 230 g/mol. The van der Waals surface area contributed by atoms with Crippen LogP contribution >= 0.6 is 0 Å². The molecule has 6 nitrogen and oxygen atoms in total. The van der Waals surface area contributed by atoms with Crippen LogP contribution < -0.4 is 5.32 Å². The van der Waals surface area contributed by atoms with Crippen LogP contribution in [0.1, 0.15) is 38.5 Å². The SMILES string of the molecule is CCCC1(c2nc(-c3ncc[nH]3)no2)CCCN1. The molecule has 1 saturated heterocycles. The first-order chi connectivity index (χ1) is 8.84. The highest BCUT2D eigenvalue weighted by Crippen LogP contribution is 2.34. The quantitative estimate of drug-likeness (QED) is 0.861. The molecule has 0 amide bonds. The van der Waals surface area contributed by atoms with Crippen molar-refractivity contribution in [2.24, 2.45) is 0 Å². The van der Waals surface area contributed by atoms with Crippen molar-refractivity contribution in [2.75, 3.05) is 6.54 Å². The van der Waals surface area contributed by atoms with Gasteiger partial charge in [0.25, 0.3) is 0 Å². The summed E-state index contributed by atoms with van der Waals surface area (Å²) in [6.07, 6.45) is 7.75. The Kier molecular flexibility index (Phi) is 2.87. The van der Waals surface area contributed by atoms with Gasteiger partial charge in [-0.25, -0.2) is 4.98 Å². The van der Waals surface area contributed by atoms with Gasteiger partial charge in [0.15, 0.2) is 5.82 Å². The Morgan fingerprint density at radius 3 is 3.11 bits per heavy atom. The van der Waals surface area contributed by atoms with E-state index in [9.17, 15) is 0 Å². The maximum Gasteiger partial charge on any atom is 0.247 e.